The summed E-state index contributed by atoms with van der Waals surface area (Å²) in [6.45, 7) is 2.30. The van der Waals surface area contributed by atoms with Gasteiger partial charge in [-0.2, -0.15) is 4.31 Å². The van der Waals surface area contributed by atoms with E-state index in [1.165, 1.54) is 22.5 Å². The lowest BCUT2D eigenvalue weighted by Gasteiger charge is -2.22. The smallest absolute Gasteiger partial charge is 0.246 e. The zero-order valence-corrected chi connectivity index (χ0v) is 13.0. The lowest BCUT2D eigenvalue weighted by atomic mass is 10.1. The largest absolute Gasteiger partial charge is 0.359 e. The predicted molar refractivity (Wildman–Crippen MR) is 78.1 cm³/mol. The molecule has 1 aromatic heterocycles. The van der Waals surface area contributed by atoms with Crippen LogP contribution in [0.2, 0.25) is 0 Å². The first-order valence-electron chi connectivity index (χ1n) is 7.26. The van der Waals surface area contributed by atoms with E-state index in [0.717, 1.165) is 18.2 Å². The average Bonchev–Trinajstić information content (AvgIpc) is 3.16. The summed E-state index contributed by atoms with van der Waals surface area (Å²) >= 11 is 0. The summed E-state index contributed by atoms with van der Waals surface area (Å²) in [6.07, 6.45) is 2.07. The van der Waals surface area contributed by atoms with E-state index < -0.39 is 21.9 Å². The van der Waals surface area contributed by atoms with Gasteiger partial charge in [0.15, 0.2) is 5.76 Å². The number of nitrogens with zero attached hydrogens (tertiary/aromatic N) is 2. The van der Waals surface area contributed by atoms with Gasteiger partial charge in [-0.3, -0.25) is 0 Å². The van der Waals surface area contributed by atoms with Gasteiger partial charge < -0.3 is 4.52 Å². The summed E-state index contributed by atoms with van der Waals surface area (Å²) in [7, 11) is -3.89. The monoisotopic (exact) mass is 324 g/mol. The van der Waals surface area contributed by atoms with E-state index in [1.807, 2.05) is 6.92 Å². The molecule has 1 saturated heterocycles. The molecule has 0 aliphatic carbocycles. The number of aryl methyl sites for hydroxylation is 1. The molecule has 0 bridgehead atoms. The van der Waals surface area contributed by atoms with Gasteiger partial charge in [0.1, 0.15) is 10.7 Å². The Bertz CT molecular complexity index is 773. The molecule has 1 aliphatic heterocycles. The minimum Gasteiger partial charge on any atom is -0.359 e. The van der Waals surface area contributed by atoms with Gasteiger partial charge in [0.05, 0.1) is 11.7 Å². The molecule has 0 radical (unpaired) electrons. The highest BCUT2D eigenvalue weighted by Gasteiger charge is 2.39. The number of halogens is 1. The predicted octanol–water partition coefficient (Wildman–Crippen LogP) is 2.90. The zero-order valence-electron chi connectivity index (χ0n) is 12.2. The van der Waals surface area contributed by atoms with E-state index in [2.05, 4.69) is 5.16 Å². The molecular formula is C15H17FN2O3S. The van der Waals surface area contributed by atoms with Crippen LogP contribution in [0.5, 0.6) is 0 Å². The minimum absolute atomic E-state index is 0.294. The normalized spacial score (nSPS) is 19.6. The Labute approximate surface area is 128 Å². The third kappa shape index (κ3) is 2.55. The SMILES string of the molecule is CCc1cc([C@@H]2CCCN2S(=O)(=O)c2ccccc2F)on1. The lowest BCUT2D eigenvalue weighted by molar-refractivity contribution is 0.296. The summed E-state index contributed by atoms with van der Waals surface area (Å²) in [5.41, 5.74) is 0.783. The molecule has 1 aromatic carbocycles. The molecule has 2 heterocycles. The lowest BCUT2D eigenvalue weighted by Crippen LogP contribution is -2.31. The van der Waals surface area contributed by atoms with Crippen LogP contribution in [0, 0.1) is 5.82 Å². The van der Waals surface area contributed by atoms with Gasteiger partial charge >= 0.3 is 0 Å². The van der Waals surface area contributed by atoms with Crippen molar-refractivity contribution in [3.05, 3.63) is 47.6 Å². The van der Waals surface area contributed by atoms with E-state index in [9.17, 15) is 12.8 Å². The van der Waals surface area contributed by atoms with Crippen molar-refractivity contribution in [2.75, 3.05) is 6.54 Å². The van der Waals surface area contributed by atoms with Gasteiger partial charge in [-0.1, -0.05) is 24.2 Å². The quantitative estimate of drug-likeness (QED) is 0.867. The third-order valence-corrected chi connectivity index (χ3v) is 5.84. The molecule has 5 nitrogen and oxygen atoms in total. The fraction of sp³-hybridized carbons (Fsp3) is 0.400. The van der Waals surface area contributed by atoms with E-state index in [-0.39, 0.29) is 4.90 Å². The first kappa shape index (κ1) is 15.2. The summed E-state index contributed by atoms with van der Waals surface area (Å²) in [5, 5.41) is 3.92. The van der Waals surface area contributed by atoms with Gasteiger partial charge in [-0.25, -0.2) is 12.8 Å². The topological polar surface area (TPSA) is 63.4 Å². The van der Waals surface area contributed by atoms with Gasteiger partial charge in [-0.15, -0.1) is 0 Å². The highest BCUT2D eigenvalue weighted by Crippen LogP contribution is 2.37. The highest BCUT2D eigenvalue weighted by molar-refractivity contribution is 7.89. The molecule has 0 saturated carbocycles. The Balaban J connectivity index is 1.97. The maximum atomic E-state index is 13.9. The van der Waals surface area contributed by atoms with Gasteiger partial charge in [0.2, 0.25) is 10.0 Å². The number of hydrogen-bond donors (Lipinski definition) is 0. The van der Waals surface area contributed by atoms with E-state index in [1.54, 1.807) is 6.07 Å². The third-order valence-electron chi connectivity index (χ3n) is 3.89. The van der Waals surface area contributed by atoms with Crippen LogP contribution in [0.15, 0.2) is 39.8 Å². The Kier molecular flexibility index (Phi) is 4.01. The Morgan fingerprint density at radius 2 is 2.18 bits per heavy atom. The molecular weight excluding hydrogens is 307 g/mol. The fourth-order valence-corrected chi connectivity index (χ4v) is 4.48. The molecule has 3 rings (SSSR count). The number of hydrogen-bond acceptors (Lipinski definition) is 4. The van der Waals surface area contributed by atoms with Gasteiger partial charge in [0, 0.05) is 12.6 Å². The Morgan fingerprint density at radius 3 is 2.86 bits per heavy atom. The van der Waals surface area contributed by atoms with Crippen molar-refractivity contribution in [2.24, 2.45) is 0 Å². The summed E-state index contributed by atoms with van der Waals surface area (Å²) in [4.78, 5) is -0.294. The van der Waals surface area contributed by atoms with Crippen LogP contribution in [0.4, 0.5) is 4.39 Å². The number of sulfonamides is 1. The molecule has 7 heteroatoms. The average molecular weight is 324 g/mol. The van der Waals surface area contributed by atoms with Crippen LogP contribution in [-0.2, 0) is 16.4 Å². The number of rotatable bonds is 4. The van der Waals surface area contributed by atoms with E-state index in [0.29, 0.717) is 25.1 Å². The molecule has 22 heavy (non-hydrogen) atoms. The second-order valence-electron chi connectivity index (χ2n) is 5.28. The van der Waals surface area contributed by atoms with Crippen molar-refractivity contribution in [3.63, 3.8) is 0 Å². The molecule has 1 atom stereocenters. The van der Waals surface area contributed by atoms with Gasteiger partial charge in [-0.05, 0) is 31.4 Å². The van der Waals surface area contributed by atoms with Crippen LogP contribution in [0.1, 0.15) is 37.3 Å². The highest BCUT2D eigenvalue weighted by atomic mass is 32.2. The van der Waals surface area contributed by atoms with Crippen molar-refractivity contribution in [1.29, 1.82) is 0 Å². The van der Waals surface area contributed by atoms with Crippen LogP contribution in [0.25, 0.3) is 0 Å². The second kappa shape index (κ2) is 5.81. The Hall–Kier alpha value is -1.73. The molecule has 1 fully saturated rings. The number of aromatic nitrogens is 1. The molecule has 0 spiro atoms. The van der Waals surface area contributed by atoms with Crippen LogP contribution in [0.3, 0.4) is 0 Å². The van der Waals surface area contributed by atoms with Gasteiger partial charge in [0.25, 0.3) is 0 Å². The standard InChI is InChI=1S/C15H17FN2O3S/c1-2-11-10-14(21-17-11)13-7-5-9-18(13)22(19,20)15-8-4-3-6-12(15)16/h3-4,6,8,10,13H,2,5,7,9H2,1H3/t13-/m0/s1. The molecule has 1 aliphatic rings. The molecule has 0 unspecified atom stereocenters. The molecule has 0 amide bonds. The molecule has 118 valence electrons. The molecule has 0 N–H and O–H groups in total. The maximum absolute atomic E-state index is 13.9. The summed E-state index contributed by atoms with van der Waals surface area (Å²) < 4.78 is 46.0. The minimum atomic E-state index is -3.89. The van der Waals surface area contributed by atoms with E-state index in [4.69, 9.17) is 4.52 Å². The van der Waals surface area contributed by atoms with Crippen molar-refractivity contribution in [3.8, 4) is 0 Å². The first-order valence-corrected chi connectivity index (χ1v) is 8.70. The molecule has 2 aromatic rings. The second-order valence-corrected chi connectivity index (χ2v) is 7.14. The van der Waals surface area contributed by atoms with Crippen LogP contribution < -0.4 is 0 Å². The van der Waals surface area contributed by atoms with E-state index >= 15 is 0 Å². The van der Waals surface area contributed by atoms with Crippen molar-refractivity contribution in [1.82, 2.24) is 9.46 Å². The maximum Gasteiger partial charge on any atom is 0.246 e. The Morgan fingerprint density at radius 1 is 1.41 bits per heavy atom. The van der Waals surface area contributed by atoms with Crippen LogP contribution in [-0.4, -0.2) is 24.4 Å². The fourth-order valence-electron chi connectivity index (χ4n) is 2.74. The van der Waals surface area contributed by atoms with Crippen molar-refractivity contribution < 1.29 is 17.3 Å². The summed E-state index contributed by atoms with van der Waals surface area (Å²) in [6, 6.07) is 6.79. The van der Waals surface area contributed by atoms with Crippen molar-refractivity contribution in [2.45, 2.75) is 37.1 Å². The van der Waals surface area contributed by atoms with Crippen molar-refractivity contribution >= 4 is 10.0 Å². The zero-order chi connectivity index (χ0) is 15.7. The number of benzene rings is 1. The first-order chi connectivity index (χ1) is 10.5. The van der Waals surface area contributed by atoms with Crippen LogP contribution >= 0.6 is 0 Å². The summed E-state index contributed by atoms with van der Waals surface area (Å²) in [5.74, 6) is -0.214.